The van der Waals surface area contributed by atoms with Gasteiger partial charge in [0.1, 0.15) is 37.4 Å². The van der Waals surface area contributed by atoms with Crippen molar-refractivity contribution in [1.82, 2.24) is 10.2 Å². The van der Waals surface area contributed by atoms with Crippen molar-refractivity contribution in [2.24, 2.45) is 0 Å². The molecule has 0 fully saturated rings. The summed E-state index contributed by atoms with van der Waals surface area (Å²) in [7, 11) is -4.41. The van der Waals surface area contributed by atoms with Gasteiger partial charge in [0, 0.05) is 24.7 Å². The van der Waals surface area contributed by atoms with Gasteiger partial charge in [0.2, 0.25) is 11.8 Å². The topological polar surface area (TPSA) is 105 Å². The zero-order valence-electron chi connectivity index (χ0n) is 22.0. The zero-order valence-corrected chi connectivity index (χ0v) is 22.8. The fourth-order valence-electron chi connectivity index (χ4n) is 4.16. The molecule has 1 atom stereocenters. The van der Waals surface area contributed by atoms with E-state index in [0.29, 0.717) is 18.9 Å². The standard InChI is InChI=1S/C28H29F2N3O6S/c1-3-31-28(35)19(2)32(17-20-6-4-5-7-24(20)30)27(34)18-33(22-10-8-21(29)9-11-22)40(36,37)23-12-13-25-26(16-23)39-15-14-38-25/h4-13,16,19H,3,14-15,17-18H2,1-2H3,(H,31,35). The Morgan fingerprint density at radius 1 is 0.975 bits per heavy atom. The van der Waals surface area contributed by atoms with Crippen molar-refractivity contribution < 1.29 is 36.3 Å². The monoisotopic (exact) mass is 573 g/mol. The number of benzene rings is 3. The third-order valence-electron chi connectivity index (χ3n) is 6.31. The van der Waals surface area contributed by atoms with Crippen molar-refractivity contribution in [1.29, 1.82) is 0 Å². The van der Waals surface area contributed by atoms with E-state index in [2.05, 4.69) is 5.32 Å². The summed E-state index contributed by atoms with van der Waals surface area (Å²) >= 11 is 0. The molecule has 1 aliphatic heterocycles. The normalized spacial score (nSPS) is 13.3. The second-order valence-electron chi connectivity index (χ2n) is 8.98. The van der Waals surface area contributed by atoms with E-state index in [1.165, 1.54) is 55.5 Å². The maximum Gasteiger partial charge on any atom is 0.264 e. The first-order valence-electron chi connectivity index (χ1n) is 12.6. The van der Waals surface area contributed by atoms with Crippen LogP contribution in [0.5, 0.6) is 11.5 Å². The highest BCUT2D eigenvalue weighted by Gasteiger charge is 2.33. The Hall–Kier alpha value is -4.19. The lowest BCUT2D eigenvalue weighted by Crippen LogP contribution is -2.51. The number of nitrogens with zero attached hydrogens (tertiary/aromatic N) is 2. The number of sulfonamides is 1. The van der Waals surface area contributed by atoms with Crippen LogP contribution in [-0.2, 0) is 26.2 Å². The molecule has 1 N–H and O–H groups in total. The van der Waals surface area contributed by atoms with Crippen LogP contribution in [0.3, 0.4) is 0 Å². The maximum atomic E-state index is 14.5. The molecule has 0 bridgehead atoms. The molecule has 0 aliphatic carbocycles. The third-order valence-corrected chi connectivity index (χ3v) is 8.08. The molecular formula is C28H29F2N3O6S. The number of fused-ring (bicyclic) bond motifs is 1. The summed E-state index contributed by atoms with van der Waals surface area (Å²) < 4.78 is 67.9. The van der Waals surface area contributed by atoms with Crippen molar-refractivity contribution in [3.8, 4) is 11.5 Å². The molecule has 3 aromatic rings. The van der Waals surface area contributed by atoms with Crippen LogP contribution in [0.15, 0.2) is 71.6 Å². The van der Waals surface area contributed by atoms with E-state index in [1.54, 1.807) is 13.0 Å². The minimum absolute atomic E-state index is 0.0149. The first-order chi connectivity index (χ1) is 19.1. The summed E-state index contributed by atoms with van der Waals surface area (Å²) in [6.45, 7) is 3.00. The quantitative estimate of drug-likeness (QED) is 0.398. The molecule has 12 heteroatoms. The molecule has 0 saturated carbocycles. The number of rotatable bonds is 10. The number of carbonyl (C=O) groups excluding carboxylic acids is 2. The van der Waals surface area contributed by atoms with E-state index in [1.807, 2.05) is 0 Å². The van der Waals surface area contributed by atoms with Gasteiger partial charge in [0.25, 0.3) is 10.0 Å². The number of hydrogen-bond donors (Lipinski definition) is 1. The number of halogens is 2. The second-order valence-corrected chi connectivity index (χ2v) is 10.8. The fourth-order valence-corrected chi connectivity index (χ4v) is 5.59. The Labute approximate surface area is 231 Å². The van der Waals surface area contributed by atoms with Gasteiger partial charge in [-0.2, -0.15) is 0 Å². The van der Waals surface area contributed by atoms with Gasteiger partial charge in [0.05, 0.1) is 10.6 Å². The smallest absolute Gasteiger partial charge is 0.264 e. The first-order valence-corrected chi connectivity index (χ1v) is 14.0. The molecule has 0 radical (unpaired) electrons. The Morgan fingerprint density at radius 3 is 2.33 bits per heavy atom. The highest BCUT2D eigenvalue weighted by Crippen LogP contribution is 2.34. The summed E-state index contributed by atoms with van der Waals surface area (Å²) in [5.41, 5.74) is 0.163. The lowest BCUT2D eigenvalue weighted by atomic mass is 10.1. The van der Waals surface area contributed by atoms with Crippen LogP contribution < -0.4 is 19.1 Å². The Kier molecular flexibility index (Phi) is 8.88. The van der Waals surface area contributed by atoms with Crippen LogP contribution in [0.1, 0.15) is 19.4 Å². The molecule has 2 amide bonds. The highest BCUT2D eigenvalue weighted by atomic mass is 32.2. The average molecular weight is 574 g/mol. The van der Waals surface area contributed by atoms with Gasteiger partial charge in [-0.25, -0.2) is 17.2 Å². The van der Waals surface area contributed by atoms with E-state index in [-0.39, 0.29) is 35.0 Å². The number of anilines is 1. The van der Waals surface area contributed by atoms with Crippen LogP contribution in [-0.4, -0.2) is 57.5 Å². The predicted octanol–water partition coefficient (Wildman–Crippen LogP) is 3.48. The van der Waals surface area contributed by atoms with Crippen LogP contribution in [0.25, 0.3) is 0 Å². The molecule has 0 aromatic heterocycles. The van der Waals surface area contributed by atoms with Gasteiger partial charge >= 0.3 is 0 Å². The number of ether oxygens (including phenoxy) is 2. The van der Waals surface area contributed by atoms with Gasteiger partial charge in [-0.1, -0.05) is 18.2 Å². The molecule has 4 rings (SSSR count). The molecule has 40 heavy (non-hydrogen) atoms. The van der Waals surface area contributed by atoms with Crippen molar-refractivity contribution in [3.63, 3.8) is 0 Å². The fraction of sp³-hybridized carbons (Fsp3) is 0.286. The highest BCUT2D eigenvalue weighted by molar-refractivity contribution is 7.92. The maximum absolute atomic E-state index is 14.5. The first kappa shape index (κ1) is 28.8. The Bertz CT molecular complexity index is 1480. The predicted molar refractivity (Wildman–Crippen MR) is 143 cm³/mol. The molecular weight excluding hydrogens is 544 g/mol. The molecule has 3 aromatic carbocycles. The van der Waals surface area contributed by atoms with E-state index in [4.69, 9.17) is 9.47 Å². The second kappa shape index (κ2) is 12.3. The minimum Gasteiger partial charge on any atom is -0.486 e. The Balaban J connectivity index is 1.73. The van der Waals surface area contributed by atoms with Gasteiger partial charge in [-0.15, -0.1) is 0 Å². The third kappa shape index (κ3) is 6.33. The molecule has 0 saturated heterocycles. The van der Waals surface area contributed by atoms with Crippen LogP contribution in [0.2, 0.25) is 0 Å². The largest absolute Gasteiger partial charge is 0.486 e. The molecule has 9 nitrogen and oxygen atoms in total. The average Bonchev–Trinajstić information content (AvgIpc) is 2.95. The van der Waals surface area contributed by atoms with Gasteiger partial charge < -0.3 is 19.7 Å². The molecule has 1 heterocycles. The Morgan fingerprint density at radius 2 is 1.65 bits per heavy atom. The zero-order chi connectivity index (χ0) is 28.9. The van der Waals surface area contributed by atoms with Gasteiger partial charge in [0.15, 0.2) is 11.5 Å². The molecule has 212 valence electrons. The molecule has 0 spiro atoms. The van der Waals surface area contributed by atoms with E-state index >= 15 is 0 Å². The number of likely N-dealkylation sites (N-methyl/N-ethyl adjacent to an activating group) is 1. The molecule has 1 aliphatic rings. The van der Waals surface area contributed by atoms with E-state index in [0.717, 1.165) is 21.3 Å². The SMILES string of the molecule is CCNC(=O)C(C)N(Cc1ccccc1F)C(=O)CN(c1ccc(F)cc1)S(=O)(=O)c1ccc2c(c1)OCCO2. The van der Waals surface area contributed by atoms with E-state index < -0.39 is 46.1 Å². The lowest BCUT2D eigenvalue weighted by Gasteiger charge is -2.32. The summed E-state index contributed by atoms with van der Waals surface area (Å²) in [6, 6.07) is 13.4. The van der Waals surface area contributed by atoms with E-state index in [9.17, 15) is 26.8 Å². The summed E-state index contributed by atoms with van der Waals surface area (Å²) in [5.74, 6) is -1.84. The summed E-state index contributed by atoms with van der Waals surface area (Å²) in [5, 5.41) is 2.63. The minimum atomic E-state index is -4.41. The van der Waals surface area contributed by atoms with Crippen molar-refractivity contribution in [2.45, 2.75) is 31.3 Å². The van der Waals surface area contributed by atoms with Crippen LogP contribution >= 0.6 is 0 Å². The van der Waals surface area contributed by atoms with Crippen molar-refractivity contribution >= 4 is 27.5 Å². The van der Waals surface area contributed by atoms with Gasteiger partial charge in [-0.3, -0.25) is 13.9 Å². The summed E-state index contributed by atoms with van der Waals surface area (Å²) in [4.78, 5) is 27.4. The van der Waals surface area contributed by atoms with Crippen molar-refractivity contribution in [2.75, 3.05) is 30.6 Å². The van der Waals surface area contributed by atoms with Gasteiger partial charge in [-0.05, 0) is 56.3 Å². The number of hydrogen-bond acceptors (Lipinski definition) is 6. The lowest BCUT2D eigenvalue weighted by molar-refractivity contribution is -0.139. The summed E-state index contributed by atoms with van der Waals surface area (Å²) in [6.07, 6.45) is 0. The van der Waals surface area contributed by atoms with Crippen LogP contribution in [0.4, 0.5) is 14.5 Å². The number of nitrogens with one attached hydrogen (secondary N) is 1. The van der Waals surface area contributed by atoms with Crippen LogP contribution in [0, 0.1) is 11.6 Å². The number of amides is 2. The molecule has 1 unspecified atom stereocenters. The van der Waals surface area contributed by atoms with Crippen molar-refractivity contribution in [3.05, 3.63) is 83.9 Å². The number of carbonyl (C=O) groups is 2.